The summed E-state index contributed by atoms with van der Waals surface area (Å²) in [6, 6.07) is 5.53. The van der Waals surface area contributed by atoms with Gasteiger partial charge >= 0.3 is 0 Å². The molecule has 5 heteroatoms. The van der Waals surface area contributed by atoms with Crippen molar-refractivity contribution in [3.05, 3.63) is 29.6 Å². The first kappa shape index (κ1) is 14.2. The van der Waals surface area contributed by atoms with Crippen LogP contribution in [0.1, 0.15) is 19.4 Å². The highest BCUT2D eigenvalue weighted by Gasteiger charge is 2.21. The van der Waals surface area contributed by atoms with Gasteiger partial charge in [0.1, 0.15) is 10.8 Å². The van der Waals surface area contributed by atoms with E-state index >= 15 is 0 Å². The van der Waals surface area contributed by atoms with Gasteiger partial charge in [-0.05, 0) is 32.0 Å². The molecule has 2 rings (SSSR count). The van der Waals surface area contributed by atoms with Crippen LogP contribution in [0.4, 0.5) is 10.1 Å². The van der Waals surface area contributed by atoms with E-state index in [1.54, 1.807) is 12.1 Å². The smallest absolute Gasteiger partial charge is 0.147 e. The highest BCUT2D eigenvalue weighted by molar-refractivity contribution is 7.80. The lowest BCUT2D eigenvalue weighted by Crippen LogP contribution is -2.49. The molecule has 1 aromatic carbocycles. The van der Waals surface area contributed by atoms with Crippen molar-refractivity contribution in [1.82, 2.24) is 4.90 Å². The molecule has 104 valence electrons. The minimum absolute atomic E-state index is 0.232. The Balaban J connectivity index is 2.09. The Morgan fingerprint density at radius 2 is 1.89 bits per heavy atom. The van der Waals surface area contributed by atoms with Crippen molar-refractivity contribution < 1.29 is 4.39 Å². The van der Waals surface area contributed by atoms with Crippen molar-refractivity contribution in [3.8, 4) is 0 Å². The summed E-state index contributed by atoms with van der Waals surface area (Å²) in [5.74, 6) is -0.247. The summed E-state index contributed by atoms with van der Waals surface area (Å²) in [6.45, 7) is 8.01. The maximum atomic E-state index is 14.1. The molecule has 0 radical (unpaired) electrons. The molecule has 1 aliphatic rings. The van der Waals surface area contributed by atoms with Crippen molar-refractivity contribution >= 4 is 22.9 Å². The van der Waals surface area contributed by atoms with Gasteiger partial charge in [-0.25, -0.2) is 4.39 Å². The van der Waals surface area contributed by atoms with Crippen LogP contribution in [-0.2, 0) is 0 Å². The van der Waals surface area contributed by atoms with Crippen molar-refractivity contribution in [3.63, 3.8) is 0 Å². The fourth-order valence-corrected chi connectivity index (χ4v) is 2.52. The average molecular weight is 281 g/mol. The van der Waals surface area contributed by atoms with Crippen molar-refractivity contribution in [2.45, 2.75) is 19.9 Å². The van der Waals surface area contributed by atoms with Gasteiger partial charge in [0.2, 0.25) is 0 Å². The van der Waals surface area contributed by atoms with E-state index in [1.165, 1.54) is 6.07 Å². The molecular formula is C14H20FN3S. The fourth-order valence-electron chi connectivity index (χ4n) is 2.40. The number of thiocarbonyl (C=S) groups is 1. The molecule has 0 atom stereocenters. The van der Waals surface area contributed by atoms with Gasteiger partial charge in [-0.2, -0.15) is 0 Å². The fraction of sp³-hybridized carbons (Fsp3) is 0.500. The number of halogens is 1. The molecule has 3 nitrogen and oxygen atoms in total. The van der Waals surface area contributed by atoms with E-state index in [0.29, 0.717) is 17.3 Å². The minimum Gasteiger partial charge on any atom is -0.389 e. The third kappa shape index (κ3) is 3.22. The van der Waals surface area contributed by atoms with E-state index in [-0.39, 0.29) is 10.8 Å². The van der Waals surface area contributed by atoms with Crippen molar-refractivity contribution in [1.29, 1.82) is 0 Å². The van der Waals surface area contributed by atoms with Crippen molar-refractivity contribution in [2.75, 3.05) is 31.1 Å². The molecule has 1 aromatic rings. The standard InChI is InChI=1S/C14H20FN3S/c1-10(2)17-5-7-18(8-6-17)13-4-3-11(14(16)19)9-12(13)15/h3-4,9-10H,5-8H2,1-2H3,(H2,16,19). The van der Waals surface area contributed by atoms with Crippen LogP contribution in [0.25, 0.3) is 0 Å². The monoisotopic (exact) mass is 281 g/mol. The Morgan fingerprint density at radius 1 is 1.26 bits per heavy atom. The Kier molecular flexibility index (Phi) is 4.37. The van der Waals surface area contributed by atoms with E-state index in [0.717, 1.165) is 26.2 Å². The second-order valence-corrected chi connectivity index (χ2v) is 5.59. The quantitative estimate of drug-likeness (QED) is 0.859. The predicted octanol–water partition coefficient (Wildman–Crippen LogP) is 1.99. The van der Waals surface area contributed by atoms with E-state index < -0.39 is 0 Å². The number of hydrogen-bond donors (Lipinski definition) is 1. The zero-order chi connectivity index (χ0) is 14.0. The molecule has 1 fully saturated rings. The zero-order valence-electron chi connectivity index (χ0n) is 11.4. The Morgan fingerprint density at radius 3 is 2.37 bits per heavy atom. The first-order valence-electron chi connectivity index (χ1n) is 6.57. The summed E-state index contributed by atoms with van der Waals surface area (Å²) < 4.78 is 14.1. The first-order valence-corrected chi connectivity index (χ1v) is 6.98. The van der Waals surface area contributed by atoms with Crippen LogP contribution in [0.15, 0.2) is 18.2 Å². The molecule has 0 bridgehead atoms. The molecule has 0 saturated carbocycles. The third-order valence-corrected chi connectivity index (χ3v) is 3.85. The van der Waals surface area contributed by atoms with Crippen LogP contribution in [0.2, 0.25) is 0 Å². The highest BCUT2D eigenvalue weighted by atomic mass is 32.1. The molecular weight excluding hydrogens is 261 g/mol. The second-order valence-electron chi connectivity index (χ2n) is 5.15. The van der Waals surface area contributed by atoms with Crippen LogP contribution in [-0.4, -0.2) is 42.1 Å². The van der Waals surface area contributed by atoms with E-state index in [4.69, 9.17) is 18.0 Å². The zero-order valence-corrected chi connectivity index (χ0v) is 12.2. The molecule has 19 heavy (non-hydrogen) atoms. The number of anilines is 1. The third-order valence-electron chi connectivity index (χ3n) is 3.62. The number of piperazine rings is 1. The average Bonchev–Trinajstić information content (AvgIpc) is 2.38. The minimum atomic E-state index is -0.247. The lowest BCUT2D eigenvalue weighted by atomic mass is 10.1. The molecule has 0 unspecified atom stereocenters. The lowest BCUT2D eigenvalue weighted by Gasteiger charge is -2.38. The highest BCUT2D eigenvalue weighted by Crippen LogP contribution is 2.22. The lowest BCUT2D eigenvalue weighted by molar-refractivity contribution is 0.209. The van der Waals surface area contributed by atoms with Gasteiger partial charge in [-0.15, -0.1) is 0 Å². The maximum Gasteiger partial charge on any atom is 0.147 e. The van der Waals surface area contributed by atoms with E-state index in [9.17, 15) is 4.39 Å². The van der Waals surface area contributed by atoms with E-state index in [2.05, 4.69) is 23.6 Å². The van der Waals surface area contributed by atoms with Crippen LogP contribution < -0.4 is 10.6 Å². The number of benzene rings is 1. The molecule has 0 aliphatic carbocycles. The summed E-state index contributed by atoms with van der Waals surface area (Å²) in [7, 11) is 0. The number of nitrogens with two attached hydrogens (primary N) is 1. The van der Waals surface area contributed by atoms with Gasteiger partial charge in [0.15, 0.2) is 0 Å². The summed E-state index contributed by atoms with van der Waals surface area (Å²) in [5.41, 5.74) is 6.73. The molecule has 1 saturated heterocycles. The predicted molar refractivity (Wildman–Crippen MR) is 81.2 cm³/mol. The van der Waals surface area contributed by atoms with Crippen LogP contribution in [0.5, 0.6) is 0 Å². The molecule has 1 heterocycles. The second kappa shape index (κ2) is 5.84. The topological polar surface area (TPSA) is 32.5 Å². The molecule has 0 spiro atoms. The van der Waals surface area contributed by atoms with Gasteiger partial charge in [0.05, 0.1) is 5.69 Å². The van der Waals surface area contributed by atoms with Crippen LogP contribution in [0.3, 0.4) is 0 Å². The van der Waals surface area contributed by atoms with Gasteiger partial charge in [-0.1, -0.05) is 12.2 Å². The van der Waals surface area contributed by atoms with Crippen LogP contribution in [0, 0.1) is 5.82 Å². The summed E-state index contributed by atoms with van der Waals surface area (Å²) >= 11 is 4.86. The Hall–Kier alpha value is -1.20. The van der Waals surface area contributed by atoms with Gasteiger partial charge < -0.3 is 10.6 Å². The molecule has 2 N–H and O–H groups in total. The summed E-state index contributed by atoms with van der Waals surface area (Å²) in [5, 5.41) is 0. The number of hydrogen-bond acceptors (Lipinski definition) is 3. The number of rotatable bonds is 3. The molecule has 0 aromatic heterocycles. The maximum absolute atomic E-state index is 14.1. The molecule has 0 amide bonds. The molecule has 1 aliphatic heterocycles. The Labute approximate surface area is 119 Å². The van der Waals surface area contributed by atoms with Gasteiger partial charge in [0.25, 0.3) is 0 Å². The Bertz CT molecular complexity index is 468. The largest absolute Gasteiger partial charge is 0.389 e. The van der Waals surface area contributed by atoms with Crippen molar-refractivity contribution in [2.24, 2.45) is 5.73 Å². The van der Waals surface area contributed by atoms with E-state index in [1.807, 2.05) is 0 Å². The summed E-state index contributed by atoms with van der Waals surface area (Å²) in [6.07, 6.45) is 0. The van der Waals surface area contributed by atoms with Gasteiger partial charge in [-0.3, -0.25) is 4.90 Å². The SMILES string of the molecule is CC(C)N1CCN(c2ccc(C(N)=S)cc2F)CC1. The van der Waals surface area contributed by atoms with Crippen LogP contribution >= 0.6 is 12.2 Å². The first-order chi connectivity index (χ1) is 8.99. The summed E-state index contributed by atoms with van der Waals surface area (Å²) in [4.78, 5) is 4.71. The normalized spacial score (nSPS) is 16.9. The number of nitrogens with zero attached hydrogens (tertiary/aromatic N) is 2. The van der Waals surface area contributed by atoms with Gasteiger partial charge in [0, 0.05) is 37.8 Å².